The van der Waals surface area contributed by atoms with Gasteiger partial charge in [0.25, 0.3) is 0 Å². The summed E-state index contributed by atoms with van der Waals surface area (Å²) >= 11 is 0. The second-order valence-corrected chi connectivity index (χ2v) is 7.51. The first-order chi connectivity index (χ1) is 13.0. The molecule has 0 aliphatic rings. The fourth-order valence-corrected chi connectivity index (χ4v) is 2.15. The van der Waals surface area contributed by atoms with Gasteiger partial charge >= 0.3 is 7.82 Å². The fourth-order valence-electron chi connectivity index (χ4n) is 2.15. The van der Waals surface area contributed by atoms with Gasteiger partial charge < -0.3 is 14.7 Å². The average molecular weight is 402 g/mol. The minimum Gasteiger partial charge on any atom is -0.303 e. The van der Waals surface area contributed by atoms with E-state index in [4.69, 9.17) is 19.2 Å². The van der Waals surface area contributed by atoms with Crippen LogP contribution in [0, 0.1) is 34.6 Å². The molecule has 152 valence electrons. The highest BCUT2D eigenvalue weighted by Gasteiger charge is 2.00. The molecule has 0 heterocycles. The Morgan fingerprint density at radius 2 is 0.750 bits per heavy atom. The van der Waals surface area contributed by atoms with Crippen LogP contribution in [0.25, 0.3) is 0 Å². The molecular formula is C23H31O4P. The minimum atomic E-state index is -4.64. The quantitative estimate of drug-likeness (QED) is 0.423. The number of aryl methyl sites for hydroxylation is 5. The van der Waals surface area contributed by atoms with Gasteiger partial charge in [-0.25, -0.2) is 4.57 Å². The molecule has 0 amide bonds. The maximum atomic E-state index is 8.88. The Bertz CT molecular complexity index is 756. The van der Waals surface area contributed by atoms with Crippen LogP contribution in [0.5, 0.6) is 0 Å². The van der Waals surface area contributed by atoms with Gasteiger partial charge in [-0.2, -0.15) is 0 Å². The summed E-state index contributed by atoms with van der Waals surface area (Å²) in [4.78, 5) is 21.6. The van der Waals surface area contributed by atoms with Gasteiger partial charge in [0.05, 0.1) is 0 Å². The molecule has 0 unspecified atom stereocenters. The largest absolute Gasteiger partial charge is 0.466 e. The number of hydrogen-bond acceptors (Lipinski definition) is 1. The van der Waals surface area contributed by atoms with Crippen LogP contribution < -0.4 is 0 Å². The first kappa shape index (κ1) is 25.8. The molecule has 0 fully saturated rings. The molecule has 5 heteroatoms. The number of phosphoric acid groups is 1. The first-order valence-corrected chi connectivity index (χ1v) is 10.4. The van der Waals surface area contributed by atoms with Crippen molar-refractivity contribution >= 4 is 7.82 Å². The van der Waals surface area contributed by atoms with Gasteiger partial charge in [-0.3, -0.25) is 0 Å². The van der Waals surface area contributed by atoms with Gasteiger partial charge in [0.15, 0.2) is 0 Å². The summed E-state index contributed by atoms with van der Waals surface area (Å²) in [5, 5.41) is 0. The highest BCUT2D eigenvalue weighted by atomic mass is 31.2. The summed E-state index contributed by atoms with van der Waals surface area (Å²) in [6.07, 6.45) is 0. The van der Waals surface area contributed by atoms with Crippen LogP contribution in [0.15, 0.2) is 78.9 Å². The monoisotopic (exact) mass is 402 g/mol. The van der Waals surface area contributed by atoms with Crippen LogP contribution in [0.3, 0.4) is 0 Å². The smallest absolute Gasteiger partial charge is 0.303 e. The van der Waals surface area contributed by atoms with Gasteiger partial charge in [0.1, 0.15) is 0 Å². The Balaban J connectivity index is 0.000000353. The van der Waals surface area contributed by atoms with Crippen molar-refractivity contribution in [3.05, 3.63) is 107 Å². The third-order valence-corrected chi connectivity index (χ3v) is 3.29. The minimum absolute atomic E-state index is 1.32. The van der Waals surface area contributed by atoms with Crippen molar-refractivity contribution in [2.75, 3.05) is 0 Å². The summed E-state index contributed by atoms with van der Waals surface area (Å²) < 4.78 is 8.88. The molecule has 0 bridgehead atoms. The van der Waals surface area contributed by atoms with E-state index < -0.39 is 7.82 Å². The molecule has 0 aliphatic heterocycles. The van der Waals surface area contributed by atoms with E-state index in [-0.39, 0.29) is 0 Å². The highest BCUT2D eigenvalue weighted by Crippen LogP contribution is 2.25. The lowest BCUT2D eigenvalue weighted by molar-refractivity contribution is 0.275. The average Bonchev–Trinajstić information content (AvgIpc) is 2.55. The second kappa shape index (κ2) is 13.9. The zero-order valence-corrected chi connectivity index (χ0v) is 18.1. The number of rotatable bonds is 0. The predicted molar refractivity (Wildman–Crippen MR) is 117 cm³/mol. The van der Waals surface area contributed by atoms with Gasteiger partial charge in [-0.05, 0) is 34.6 Å². The summed E-state index contributed by atoms with van der Waals surface area (Å²) in [5.74, 6) is 0. The van der Waals surface area contributed by atoms with Gasteiger partial charge in [0.2, 0.25) is 0 Å². The van der Waals surface area contributed by atoms with E-state index in [1.54, 1.807) is 0 Å². The standard InChI is InChI=1S/2C8H10.C7H8.H3O4P/c2*1-7-4-3-5-8(2)6-7;1-7-5-3-2-4-6-7;1-5(2,3)4/h2*3-6H,1-2H3;2-6H,1H3;(H3,1,2,3,4). The summed E-state index contributed by atoms with van der Waals surface area (Å²) in [5.41, 5.74) is 6.67. The molecule has 0 atom stereocenters. The van der Waals surface area contributed by atoms with Gasteiger partial charge in [-0.15, -0.1) is 0 Å². The van der Waals surface area contributed by atoms with E-state index in [0.29, 0.717) is 0 Å². The maximum absolute atomic E-state index is 8.88. The third-order valence-electron chi connectivity index (χ3n) is 3.29. The van der Waals surface area contributed by atoms with E-state index in [1.165, 1.54) is 27.8 Å². The molecule has 0 aromatic heterocycles. The van der Waals surface area contributed by atoms with E-state index in [2.05, 4.69) is 95.3 Å². The van der Waals surface area contributed by atoms with Crippen molar-refractivity contribution in [1.82, 2.24) is 0 Å². The lowest BCUT2D eigenvalue weighted by Gasteiger charge is -1.90. The van der Waals surface area contributed by atoms with Crippen molar-refractivity contribution in [1.29, 1.82) is 0 Å². The Kier molecular flexibility index (Phi) is 12.8. The SMILES string of the molecule is Cc1cccc(C)c1.Cc1cccc(C)c1.Cc1ccccc1.O=P(O)(O)O. The van der Waals surface area contributed by atoms with Crippen LogP contribution in [0.2, 0.25) is 0 Å². The predicted octanol–water partition coefficient (Wildman–Crippen LogP) is 5.67. The zero-order chi connectivity index (χ0) is 21.6. The Labute approximate surface area is 168 Å². The van der Waals surface area contributed by atoms with Crippen molar-refractivity contribution in [2.24, 2.45) is 0 Å². The van der Waals surface area contributed by atoms with Gasteiger partial charge in [-0.1, -0.05) is 107 Å². The van der Waals surface area contributed by atoms with E-state index in [0.717, 1.165) is 0 Å². The Morgan fingerprint density at radius 3 is 0.893 bits per heavy atom. The van der Waals surface area contributed by atoms with E-state index in [9.17, 15) is 0 Å². The molecule has 3 rings (SSSR count). The lowest BCUT2D eigenvalue weighted by Crippen LogP contribution is -1.71. The number of hydrogen-bond donors (Lipinski definition) is 3. The van der Waals surface area contributed by atoms with Crippen molar-refractivity contribution in [3.8, 4) is 0 Å². The molecule has 3 aromatic carbocycles. The molecule has 0 aliphatic carbocycles. The van der Waals surface area contributed by atoms with E-state index >= 15 is 0 Å². The van der Waals surface area contributed by atoms with Crippen LogP contribution >= 0.6 is 7.82 Å². The van der Waals surface area contributed by atoms with Crippen LogP contribution in [-0.4, -0.2) is 14.7 Å². The first-order valence-electron chi connectivity index (χ1n) is 8.84. The fraction of sp³-hybridized carbons (Fsp3) is 0.217. The second-order valence-electron chi connectivity index (χ2n) is 6.48. The molecule has 0 spiro atoms. The molecular weight excluding hydrogens is 371 g/mol. The van der Waals surface area contributed by atoms with Crippen LogP contribution in [-0.2, 0) is 4.57 Å². The van der Waals surface area contributed by atoms with E-state index in [1.807, 2.05) is 18.2 Å². The Hall–Kier alpha value is -2.23. The van der Waals surface area contributed by atoms with Crippen LogP contribution in [0.1, 0.15) is 27.8 Å². The third kappa shape index (κ3) is 18.6. The molecule has 3 aromatic rings. The van der Waals surface area contributed by atoms with Gasteiger partial charge in [0, 0.05) is 0 Å². The normalized spacial score (nSPS) is 9.57. The van der Waals surface area contributed by atoms with Crippen molar-refractivity contribution in [2.45, 2.75) is 34.6 Å². The zero-order valence-electron chi connectivity index (χ0n) is 17.2. The molecule has 3 N–H and O–H groups in total. The molecule has 4 nitrogen and oxygen atoms in total. The maximum Gasteiger partial charge on any atom is 0.466 e. The van der Waals surface area contributed by atoms with Crippen molar-refractivity contribution in [3.63, 3.8) is 0 Å². The Morgan fingerprint density at radius 1 is 0.500 bits per heavy atom. The molecule has 28 heavy (non-hydrogen) atoms. The summed E-state index contributed by atoms with van der Waals surface area (Å²) in [6.45, 7) is 10.5. The van der Waals surface area contributed by atoms with Crippen molar-refractivity contribution < 1.29 is 19.2 Å². The topological polar surface area (TPSA) is 77.8 Å². The highest BCUT2D eigenvalue weighted by molar-refractivity contribution is 7.45. The summed E-state index contributed by atoms with van der Waals surface area (Å²) in [7, 11) is -4.64. The molecule has 0 radical (unpaired) electrons. The molecule has 0 saturated carbocycles. The summed E-state index contributed by atoms with van der Waals surface area (Å²) in [6, 6.07) is 27.2. The molecule has 0 saturated heterocycles. The van der Waals surface area contributed by atoms with Crippen LogP contribution in [0.4, 0.5) is 0 Å². The number of benzene rings is 3. The lowest BCUT2D eigenvalue weighted by atomic mass is 10.2.